The first-order chi connectivity index (χ1) is 17.6. The molecule has 2 aromatic carbocycles. The number of esters is 1. The number of methoxy groups -OCH3 is 1. The van der Waals surface area contributed by atoms with E-state index in [2.05, 4.69) is 20.9 Å². The number of allylic oxidation sites excluding steroid dienone is 1. The second kappa shape index (κ2) is 11.2. The molecular formula is C27H26BrClN2O5S. The molecule has 1 unspecified atom stereocenters. The Hall–Kier alpha value is -2.88. The molecule has 0 bridgehead atoms. The van der Waals surface area contributed by atoms with E-state index in [4.69, 9.17) is 25.8 Å². The summed E-state index contributed by atoms with van der Waals surface area (Å²) >= 11 is 10.9. The minimum Gasteiger partial charge on any atom is -0.495 e. The number of thiazole rings is 1. The molecule has 1 aliphatic heterocycles. The molecule has 1 atom stereocenters. The van der Waals surface area contributed by atoms with Crippen molar-refractivity contribution in [3.8, 4) is 11.5 Å². The third-order valence-corrected chi connectivity index (χ3v) is 7.50. The average Bonchev–Trinajstić information content (AvgIpc) is 3.14. The van der Waals surface area contributed by atoms with Gasteiger partial charge in [0.2, 0.25) is 0 Å². The van der Waals surface area contributed by atoms with E-state index >= 15 is 0 Å². The van der Waals surface area contributed by atoms with Gasteiger partial charge in [0.15, 0.2) is 4.80 Å². The lowest BCUT2D eigenvalue weighted by Crippen LogP contribution is -2.40. The molecule has 2 heterocycles. The highest BCUT2D eigenvalue weighted by Gasteiger charge is 2.33. The fourth-order valence-corrected chi connectivity index (χ4v) is 5.75. The highest BCUT2D eigenvalue weighted by atomic mass is 79.9. The molecule has 0 fully saturated rings. The zero-order valence-corrected chi connectivity index (χ0v) is 24.2. The second-order valence-electron chi connectivity index (χ2n) is 8.55. The summed E-state index contributed by atoms with van der Waals surface area (Å²) in [4.78, 5) is 32.1. The summed E-state index contributed by atoms with van der Waals surface area (Å²) in [6.07, 6.45) is 1.44. The summed E-state index contributed by atoms with van der Waals surface area (Å²) in [5, 5.41) is 0.553. The number of benzene rings is 2. The number of rotatable bonds is 7. The SMILES string of the molecule is CCOc1cc(OC)c(Br)cc1/C=c1\sc2n(c1=O)C(c1ccc(Cl)cc1)C(C(=O)OC(C)C)=C(C)N=2. The molecule has 10 heteroatoms. The molecule has 1 aliphatic rings. The zero-order chi connectivity index (χ0) is 26.9. The largest absolute Gasteiger partial charge is 0.495 e. The summed E-state index contributed by atoms with van der Waals surface area (Å²) < 4.78 is 19.5. The predicted molar refractivity (Wildman–Crippen MR) is 148 cm³/mol. The molecule has 1 aromatic heterocycles. The van der Waals surface area contributed by atoms with Gasteiger partial charge in [0.1, 0.15) is 11.5 Å². The van der Waals surface area contributed by atoms with Crippen molar-refractivity contribution in [3.63, 3.8) is 0 Å². The number of ether oxygens (including phenoxy) is 3. The van der Waals surface area contributed by atoms with Crippen molar-refractivity contribution < 1.29 is 19.0 Å². The van der Waals surface area contributed by atoms with Crippen LogP contribution in [-0.4, -0.2) is 30.4 Å². The van der Waals surface area contributed by atoms with E-state index in [-0.39, 0.29) is 11.7 Å². The number of nitrogens with zero attached hydrogens (tertiary/aromatic N) is 2. The number of fused-ring (bicyclic) bond motifs is 1. The molecule has 0 spiro atoms. The standard InChI is InChI=1S/C27H26BrClN2O5S/c1-6-35-20-13-21(34-5)19(28)11-17(20)12-22-25(32)31-24(16-7-9-18(29)10-8-16)23(26(33)36-14(2)3)15(4)30-27(31)37-22/h7-14,24H,6H2,1-5H3/b22-12-. The maximum Gasteiger partial charge on any atom is 0.338 e. The van der Waals surface area contributed by atoms with Gasteiger partial charge in [-0.2, -0.15) is 0 Å². The third-order valence-electron chi connectivity index (χ3n) is 5.64. The van der Waals surface area contributed by atoms with Gasteiger partial charge in [-0.05, 0) is 73.5 Å². The van der Waals surface area contributed by atoms with Crippen LogP contribution >= 0.6 is 38.9 Å². The first-order valence-corrected chi connectivity index (χ1v) is 13.6. The molecule has 0 N–H and O–H groups in total. The van der Waals surface area contributed by atoms with Crippen molar-refractivity contribution in [3.05, 3.63) is 88.0 Å². The van der Waals surface area contributed by atoms with Crippen molar-refractivity contribution >= 4 is 50.9 Å². The Labute approximate surface area is 231 Å². The van der Waals surface area contributed by atoms with Crippen molar-refractivity contribution in [1.82, 2.24) is 4.57 Å². The van der Waals surface area contributed by atoms with Gasteiger partial charge in [0, 0.05) is 16.7 Å². The van der Waals surface area contributed by atoms with Crippen molar-refractivity contribution in [2.45, 2.75) is 39.8 Å². The molecule has 7 nitrogen and oxygen atoms in total. The van der Waals surface area contributed by atoms with Crippen molar-refractivity contribution in [2.24, 2.45) is 4.99 Å². The quantitative estimate of drug-likeness (QED) is 0.354. The van der Waals surface area contributed by atoms with Crippen LogP contribution in [-0.2, 0) is 9.53 Å². The number of halogens is 2. The average molecular weight is 606 g/mol. The Bertz CT molecular complexity index is 1560. The summed E-state index contributed by atoms with van der Waals surface area (Å²) in [6.45, 7) is 7.65. The lowest BCUT2D eigenvalue weighted by Gasteiger charge is -2.25. The van der Waals surface area contributed by atoms with E-state index in [1.54, 1.807) is 68.9 Å². The van der Waals surface area contributed by atoms with Crippen LogP contribution in [0.5, 0.6) is 11.5 Å². The van der Waals surface area contributed by atoms with E-state index in [9.17, 15) is 9.59 Å². The number of hydrogen-bond donors (Lipinski definition) is 0. The summed E-state index contributed by atoms with van der Waals surface area (Å²) in [5.41, 5.74) is 1.97. The van der Waals surface area contributed by atoms with Crippen molar-refractivity contribution in [1.29, 1.82) is 0 Å². The van der Waals surface area contributed by atoms with Gasteiger partial charge in [-0.25, -0.2) is 9.79 Å². The minimum absolute atomic E-state index is 0.277. The summed E-state index contributed by atoms with van der Waals surface area (Å²) in [5.74, 6) is 0.692. The smallest absolute Gasteiger partial charge is 0.338 e. The zero-order valence-electron chi connectivity index (χ0n) is 21.0. The van der Waals surface area contributed by atoms with Crippen LogP contribution in [0, 0.1) is 0 Å². The maximum absolute atomic E-state index is 13.8. The Kier molecular flexibility index (Phi) is 8.26. The Morgan fingerprint density at radius 3 is 2.57 bits per heavy atom. The van der Waals surface area contributed by atoms with E-state index in [0.29, 0.717) is 49.3 Å². The Morgan fingerprint density at radius 2 is 1.95 bits per heavy atom. The van der Waals surface area contributed by atoms with Gasteiger partial charge in [-0.15, -0.1) is 0 Å². The predicted octanol–water partition coefficient (Wildman–Crippen LogP) is 5.01. The van der Waals surface area contributed by atoms with Crippen LogP contribution in [0.2, 0.25) is 5.02 Å². The van der Waals surface area contributed by atoms with Crippen LogP contribution in [0.4, 0.5) is 0 Å². The fourth-order valence-electron chi connectivity index (χ4n) is 4.06. The monoisotopic (exact) mass is 604 g/mol. The molecular weight excluding hydrogens is 580 g/mol. The number of aromatic nitrogens is 1. The first-order valence-electron chi connectivity index (χ1n) is 11.6. The highest BCUT2D eigenvalue weighted by Crippen LogP contribution is 2.34. The molecule has 194 valence electrons. The van der Waals surface area contributed by atoms with Crippen molar-refractivity contribution in [2.75, 3.05) is 13.7 Å². The number of carbonyl (C=O) groups excluding carboxylic acids is 1. The van der Waals surface area contributed by atoms with Crippen LogP contribution < -0.4 is 24.4 Å². The maximum atomic E-state index is 13.8. The molecule has 3 aromatic rings. The third kappa shape index (κ3) is 5.54. The summed E-state index contributed by atoms with van der Waals surface area (Å²) in [6, 6.07) is 9.98. The van der Waals surface area contributed by atoms with Crippen LogP contribution in [0.1, 0.15) is 44.9 Å². The van der Waals surface area contributed by atoms with Gasteiger partial charge in [-0.3, -0.25) is 9.36 Å². The van der Waals surface area contributed by atoms with Gasteiger partial charge in [-0.1, -0.05) is 35.1 Å². The van der Waals surface area contributed by atoms with E-state index in [1.165, 1.54) is 11.3 Å². The Balaban J connectivity index is 1.95. The minimum atomic E-state index is -0.712. The van der Waals surface area contributed by atoms with Crippen LogP contribution in [0.3, 0.4) is 0 Å². The van der Waals surface area contributed by atoms with Crippen LogP contribution in [0.15, 0.2) is 61.9 Å². The lowest BCUT2D eigenvalue weighted by atomic mass is 9.96. The van der Waals surface area contributed by atoms with Gasteiger partial charge in [0.25, 0.3) is 5.56 Å². The fraction of sp³-hybridized carbons (Fsp3) is 0.296. The second-order valence-corrected chi connectivity index (χ2v) is 10.8. The normalized spacial score (nSPS) is 15.5. The highest BCUT2D eigenvalue weighted by molar-refractivity contribution is 9.10. The van der Waals surface area contributed by atoms with Gasteiger partial charge < -0.3 is 14.2 Å². The van der Waals surface area contributed by atoms with E-state index in [1.807, 2.05) is 13.0 Å². The molecule has 37 heavy (non-hydrogen) atoms. The molecule has 0 saturated heterocycles. The number of hydrogen-bond acceptors (Lipinski definition) is 7. The molecule has 0 radical (unpaired) electrons. The molecule has 0 saturated carbocycles. The lowest BCUT2D eigenvalue weighted by molar-refractivity contribution is -0.143. The number of carbonyl (C=O) groups is 1. The van der Waals surface area contributed by atoms with Crippen LogP contribution in [0.25, 0.3) is 6.08 Å². The van der Waals surface area contributed by atoms with E-state index in [0.717, 1.165) is 10.0 Å². The molecule has 4 rings (SSSR count). The van der Waals surface area contributed by atoms with E-state index < -0.39 is 12.0 Å². The molecule has 0 aliphatic carbocycles. The topological polar surface area (TPSA) is 79.1 Å². The molecule has 0 amide bonds. The summed E-state index contributed by atoms with van der Waals surface area (Å²) in [7, 11) is 1.58. The Morgan fingerprint density at radius 1 is 1.24 bits per heavy atom. The first kappa shape index (κ1) is 27.2. The van der Waals surface area contributed by atoms with Gasteiger partial charge in [0.05, 0.1) is 46.1 Å². The van der Waals surface area contributed by atoms with Gasteiger partial charge >= 0.3 is 5.97 Å².